The summed E-state index contributed by atoms with van der Waals surface area (Å²) in [7, 11) is 1.65. The van der Waals surface area contributed by atoms with Crippen LogP contribution in [-0.4, -0.2) is 29.2 Å². The van der Waals surface area contributed by atoms with Gasteiger partial charge >= 0.3 is 0 Å². The summed E-state index contributed by atoms with van der Waals surface area (Å²) in [6.45, 7) is 3.75. The van der Waals surface area contributed by atoms with Gasteiger partial charge in [-0.1, -0.05) is 36.4 Å². The zero-order chi connectivity index (χ0) is 23.0. The summed E-state index contributed by atoms with van der Waals surface area (Å²) in [4.78, 5) is 17.4. The number of hydrogen-bond donors (Lipinski definition) is 1. The monoisotopic (exact) mass is 443 g/mol. The Kier molecular flexibility index (Phi) is 7.25. The second-order valence-electron chi connectivity index (χ2n) is 7.90. The van der Waals surface area contributed by atoms with E-state index in [-0.39, 0.29) is 5.91 Å². The highest BCUT2D eigenvalue weighted by atomic mass is 16.5. The van der Waals surface area contributed by atoms with E-state index >= 15 is 0 Å². The van der Waals surface area contributed by atoms with Gasteiger partial charge in [0.1, 0.15) is 17.3 Å². The second kappa shape index (κ2) is 10.7. The van der Waals surface area contributed by atoms with Gasteiger partial charge in [0, 0.05) is 18.2 Å². The Balaban J connectivity index is 1.37. The molecule has 0 unspecified atom stereocenters. The first-order valence-electron chi connectivity index (χ1n) is 11.2. The number of aromatic nitrogens is 2. The molecule has 0 aliphatic carbocycles. The Hall–Kier alpha value is -3.80. The number of imidazole rings is 1. The Morgan fingerprint density at radius 1 is 0.970 bits per heavy atom. The lowest BCUT2D eigenvalue weighted by Crippen LogP contribution is -2.25. The minimum Gasteiger partial charge on any atom is -0.497 e. The zero-order valence-electron chi connectivity index (χ0n) is 19.1. The smallest absolute Gasteiger partial charge is 0.251 e. The summed E-state index contributed by atoms with van der Waals surface area (Å²) in [5, 5.41) is 3.03. The molecule has 0 bridgehead atoms. The third-order valence-electron chi connectivity index (χ3n) is 5.62. The highest BCUT2D eigenvalue weighted by molar-refractivity contribution is 5.95. The Bertz CT molecular complexity index is 1230. The molecule has 3 aromatic carbocycles. The van der Waals surface area contributed by atoms with Crippen LogP contribution in [0.1, 0.15) is 34.6 Å². The third-order valence-corrected chi connectivity index (χ3v) is 5.62. The van der Waals surface area contributed by atoms with Gasteiger partial charge in [-0.3, -0.25) is 4.79 Å². The van der Waals surface area contributed by atoms with E-state index in [0.29, 0.717) is 18.7 Å². The molecule has 1 heterocycles. The van der Waals surface area contributed by atoms with Crippen LogP contribution in [0.5, 0.6) is 11.5 Å². The predicted octanol–water partition coefficient (Wildman–Crippen LogP) is 5.14. The summed E-state index contributed by atoms with van der Waals surface area (Å²) < 4.78 is 13.3. The molecule has 1 N–H and O–H groups in total. The maximum Gasteiger partial charge on any atom is 0.251 e. The van der Waals surface area contributed by atoms with Gasteiger partial charge in [-0.2, -0.15) is 0 Å². The van der Waals surface area contributed by atoms with Gasteiger partial charge in [-0.15, -0.1) is 0 Å². The molecular formula is C27H29N3O3. The van der Waals surface area contributed by atoms with Crippen molar-refractivity contribution in [2.75, 3.05) is 13.7 Å². The lowest BCUT2D eigenvalue weighted by molar-refractivity contribution is 0.0949. The first kappa shape index (κ1) is 22.4. The molecule has 0 saturated carbocycles. The normalized spacial score (nSPS) is 10.8. The van der Waals surface area contributed by atoms with Crippen molar-refractivity contribution in [3.05, 3.63) is 89.7 Å². The number of benzene rings is 3. The summed E-state index contributed by atoms with van der Waals surface area (Å²) >= 11 is 0. The van der Waals surface area contributed by atoms with Crippen LogP contribution in [-0.2, 0) is 13.1 Å². The topological polar surface area (TPSA) is 65.4 Å². The van der Waals surface area contributed by atoms with Crippen molar-refractivity contribution < 1.29 is 14.3 Å². The van der Waals surface area contributed by atoms with Crippen LogP contribution in [0.25, 0.3) is 11.0 Å². The highest BCUT2D eigenvalue weighted by Gasteiger charge is 2.13. The van der Waals surface area contributed by atoms with Gasteiger partial charge < -0.3 is 19.4 Å². The van der Waals surface area contributed by atoms with Crippen LogP contribution in [0, 0.1) is 6.92 Å². The maximum atomic E-state index is 12.7. The molecular weight excluding hydrogens is 414 g/mol. The number of nitrogens with zero attached hydrogens (tertiary/aromatic N) is 2. The molecule has 0 saturated heterocycles. The number of unbranched alkanes of at least 4 members (excludes halogenated alkanes) is 1. The van der Waals surface area contributed by atoms with Crippen LogP contribution in [0.2, 0.25) is 0 Å². The standard InChI is InChI=1S/C27H29N3O3/c1-20-10-3-4-13-23(20)27(31)28-19-26-29-24-14-5-6-15-25(24)30(26)16-7-8-17-33-22-12-9-11-21(18-22)32-2/h3-6,9-15,18H,7-8,16-17,19H2,1-2H3,(H,28,31). The van der Waals surface area contributed by atoms with E-state index in [1.807, 2.05) is 73.7 Å². The zero-order valence-corrected chi connectivity index (χ0v) is 19.1. The Morgan fingerprint density at radius 2 is 1.76 bits per heavy atom. The number of carbonyl (C=O) groups excluding carboxylic acids is 1. The summed E-state index contributed by atoms with van der Waals surface area (Å²) in [6, 6.07) is 23.3. The van der Waals surface area contributed by atoms with Crippen molar-refractivity contribution in [3.63, 3.8) is 0 Å². The predicted molar refractivity (Wildman–Crippen MR) is 130 cm³/mol. The summed E-state index contributed by atoms with van der Waals surface area (Å²) in [6.07, 6.45) is 1.84. The molecule has 0 aliphatic heterocycles. The van der Waals surface area contributed by atoms with Crippen LogP contribution >= 0.6 is 0 Å². The molecule has 33 heavy (non-hydrogen) atoms. The van der Waals surface area contributed by atoms with E-state index in [4.69, 9.17) is 14.5 Å². The van der Waals surface area contributed by atoms with Crippen molar-refractivity contribution in [1.82, 2.24) is 14.9 Å². The van der Waals surface area contributed by atoms with Crippen molar-refractivity contribution in [2.45, 2.75) is 32.9 Å². The van der Waals surface area contributed by atoms with Crippen LogP contribution in [0.15, 0.2) is 72.8 Å². The minimum absolute atomic E-state index is 0.0848. The largest absolute Gasteiger partial charge is 0.497 e. The first-order valence-corrected chi connectivity index (χ1v) is 11.2. The van der Waals surface area contributed by atoms with E-state index in [2.05, 4.69) is 16.0 Å². The third kappa shape index (κ3) is 5.52. The molecule has 6 nitrogen and oxygen atoms in total. The van der Waals surface area contributed by atoms with Crippen molar-refractivity contribution in [2.24, 2.45) is 0 Å². The first-order chi connectivity index (χ1) is 16.2. The molecule has 6 heteroatoms. The van der Waals surface area contributed by atoms with Crippen LogP contribution < -0.4 is 14.8 Å². The molecule has 0 radical (unpaired) electrons. The van der Waals surface area contributed by atoms with Gasteiger partial charge in [-0.25, -0.2) is 4.98 Å². The molecule has 1 aromatic heterocycles. The summed E-state index contributed by atoms with van der Waals surface area (Å²) in [5.41, 5.74) is 3.66. The molecule has 170 valence electrons. The lowest BCUT2D eigenvalue weighted by Gasteiger charge is -2.12. The number of aryl methyl sites for hydroxylation is 2. The van der Waals surface area contributed by atoms with Gasteiger partial charge in [-0.05, 0) is 55.7 Å². The van der Waals surface area contributed by atoms with E-state index in [1.54, 1.807) is 7.11 Å². The van der Waals surface area contributed by atoms with Crippen LogP contribution in [0.4, 0.5) is 0 Å². The SMILES string of the molecule is COc1cccc(OCCCCn2c(CNC(=O)c3ccccc3C)nc3ccccc32)c1. The number of amides is 1. The highest BCUT2D eigenvalue weighted by Crippen LogP contribution is 2.20. The fraction of sp³-hybridized carbons (Fsp3) is 0.259. The Morgan fingerprint density at radius 3 is 2.61 bits per heavy atom. The molecule has 0 atom stereocenters. The Labute approximate surface area is 194 Å². The molecule has 0 spiro atoms. The van der Waals surface area contributed by atoms with Crippen molar-refractivity contribution in [3.8, 4) is 11.5 Å². The van der Waals surface area contributed by atoms with Crippen LogP contribution in [0.3, 0.4) is 0 Å². The second-order valence-corrected chi connectivity index (χ2v) is 7.90. The quantitative estimate of drug-likeness (QED) is 0.345. The van der Waals surface area contributed by atoms with E-state index in [1.165, 1.54) is 0 Å². The van der Waals surface area contributed by atoms with Gasteiger partial charge in [0.25, 0.3) is 5.91 Å². The van der Waals surface area contributed by atoms with E-state index in [0.717, 1.165) is 53.3 Å². The number of nitrogens with one attached hydrogen (secondary N) is 1. The maximum absolute atomic E-state index is 12.7. The number of fused-ring (bicyclic) bond motifs is 1. The molecule has 0 aliphatic rings. The molecule has 1 amide bonds. The molecule has 4 aromatic rings. The minimum atomic E-state index is -0.0848. The fourth-order valence-electron chi connectivity index (χ4n) is 3.85. The lowest BCUT2D eigenvalue weighted by atomic mass is 10.1. The average Bonchev–Trinajstić information content (AvgIpc) is 3.20. The number of hydrogen-bond acceptors (Lipinski definition) is 4. The summed E-state index contributed by atoms with van der Waals surface area (Å²) in [5.74, 6) is 2.36. The number of ether oxygens (including phenoxy) is 2. The fourth-order valence-corrected chi connectivity index (χ4v) is 3.85. The number of para-hydroxylation sites is 2. The molecule has 4 rings (SSSR count). The van der Waals surface area contributed by atoms with Gasteiger partial charge in [0.2, 0.25) is 0 Å². The average molecular weight is 444 g/mol. The molecule has 0 fully saturated rings. The van der Waals surface area contributed by atoms with Gasteiger partial charge in [0.05, 0.1) is 31.3 Å². The van der Waals surface area contributed by atoms with Crippen molar-refractivity contribution >= 4 is 16.9 Å². The van der Waals surface area contributed by atoms with Crippen molar-refractivity contribution in [1.29, 1.82) is 0 Å². The number of methoxy groups -OCH3 is 1. The van der Waals surface area contributed by atoms with E-state index in [9.17, 15) is 4.79 Å². The number of carbonyl (C=O) groups is 1. The van der Waals surface area contributed by atoms with E-state index < -0.39 is 0 Å². The van der Waals surface area contributed by atoms with Gasteiger partial charge in [0.15, 0.2) is 0 Å². The number of rotatable bonds is 10.